The van der Waals surface area contributed by atoms with Gasteiger partial charge in [-0.25, -0.2) is 0 Å². The molecule has 2 heterocycles. The maximum Gasteiger partial charge on any atom is 0.314 e. The van der Waals surface area contributed by atoms with E-state index in [4.69, 9.17) is 0 Å². The standard InChI is InChI=1S/C14H16N4O3/c19-12(10-3-1-2-6-15-10)16-8-4-5-9-11(7-8)18-14(21)13(20)17-9/h4-5,7,10,15H,1-3,6H2,(H,16,19)(H,17,20)(H,18,21). The highest BCUT2D eigenvalue weighted by Crippen LogP contribution is 2.15. The number of H-pyrrole nitrogens is 2. The van der Waals surface area contributed by atoms with Gasteiger partial charge in [0.1, 0.15) is 0 Å². The zero-order valence-electron chi connectivity index (χ0n) is 11.4. The number of hydrogen-bond donors (Lipinski definition) is 4. The first-order chi connectivity index (χ1) is 10.1. The number of fused-ring (bicyclic) bond motifs is 1. The average Bonchev–Trinajstić information content (AvgIpc) is 2.49. The van der Waals surface area contributed by atoms with Gasteiger partial charge in [0, 0.05) is 5.69 Å². The summed E-state index contributed by atoms with van der Waals surface area (Å²) in [6.45, 7) is 0.852. The van der Waals surface area contributed by atoms with Crippen LogP contribution < -0.4 is 21.8 Å². The highest BCUT2D eigenvalue weighted by molar-refractivity contribution is 5.96. The number of hydrogen-bond acceptors (Lipinski definition) is 4. The number of piperidine rings is 1. The van der Waals surface area contributed by atoms with E-state index in [1.807, 2.05) is 0 Å². The van der Waals surface area contributed by atoms with E-state index in [1.165, 1.54) is 0 Å². The lowest BCUT2D eigenvalue weighted by Gasteiger charge is -2.22. The van der Waals surface area contributed by atoms with Gasteiger partial charge in [-0.3, -0.25) is 14.4 Å². The van der Waals surface area contributed by atoms with Gasteiger partial charge in [-0.05, 0) is 37.6 Å². The van der Waals surface area contributed by atoms with Crippen LogP contribution in [0.2, 0.25) is 0 Å². The van der Waals surface area contributed by atoms with Gasteiger partial charge in [-0.1, -0.05) is 6.42 Å². The molecule has 0 aliphatic carbocycles. The number of carbonyl (C=O) groups is 1. The van der Waals surface area contributed by atoms with Gasteiger partial charge in [-0.15, -0.1) is 0 Å². The van der Waals surface area contributed by atoms with Gasteiger partial charge < -0.3 is 20.6 Å². The van der Waals surface area contributed by atoms with Crippen molar-refractivity contribution in [3.63, 3.8) is 0 Å². The SMILES string of the molecule is O=C(Nc1ccc2[nH]c(=O)c(=O)[nH]c2c1)C1CCCCN1. The zero-order chi connectivity index (χ0) is 14.8. The van der Waals surface area contributed by atoms with Gasteiger partial charge >= 0.3 is 11.1 Å². The Morgan fingerprint density at radius 2 is 1.86 bits per heavy atom. The number of aromatic nitrogens is 2. The lowest BCUT2D eigenvalue weighted by molar-refractivity contribution is -0.118. The molecule has 1 aliphatic rings. The number of benzene rings is 1. The minimum atomic E-state index is -0.708. The molecule has 0 bridgehead atoms. The number of amides is 1. The second-order valence-corrected chi connectivity index (χ2v) is 5.16. The Balaban J connectivity index is 1.84. The minimum Gasteiger partial charge on any atom is -0.325 e. The molecule has 7 heteroatoms. The molecule has 0 radical (unpaired) electrons. The Kier molecular flexibility index (Phi) is 3.57. The van der Waals surface area contributed by atoms with Crippen LogP contribution in [0, 0.1) is 0 Å². The highest BCUT2D eigenvalue weighted by Gasteiger charge is 2.20. The van der Waals surface area contributed by atoms with Crippen LogP contribution in [0.4, 0.5) is 5.69 Å². The van der Waals surface area contributed by atoms with Gasteiger partial charge in [0.2, 0.25) is 5.91 Å². The summed E-state index contributed by atoms with van der Waals surface area (Å²) >= 11 is 0. The molecule has 1 saturated heterocycles. The largest absolute Gasteiger partial charge is 0.325 e. The van der Waals surface area contributed by atoms with E-state index in [9.17, 15) is 14.4 Å². The summed E-state index contributed by atoms with van der Waals surface area (Å²) in [7, 11) is 0. The first-order valence-electron chi connectivity index (χ1n) is 6.94. The first-order valence-corrected chi connectivity index (χ1v) is 6.94. The Labute approximate surface area is 119 Å². The van der Waals surface area contributed by atoms with E-state index in [0.29, 0.717) is 16.7 Å². The highest BCUT2D eigenvalue weighted by atomic mass is 16.2. The molecule has 1 unspecified atom stereocenters. The van der Waals surface area contributed by atoms with Crippen LogP contribution >= 0.6 is 0 Å². The predicted octanol–water partition coefficient (Wildman–Crippen LogP) is 0.297. The Morgan fingerprint density at radius 3 is 2.57 bits per heavy atom. The quantitative estimate of drug-likeness (QED) is 0.596. The fraction of sp³-hybridized carbons (Fsp3) is 0.357. The minimum absolute atomic E-state index is 0.0826. The van der Waals surface area contributed by atoms with Crippen LogP contribution in [0.5, 0.6) is 0 Å². The van der Waals surface area contributed by atoms with Crippen molar-refractivity contribution >= 4 is 22.6 Å². The molecular formula is C14H16N4O3. The number of rotatable bonds is 2. The Bertz CT molecular complexity index is 787. The molecule has 1 fully saturated rings. The second kappa shape index (κ2) is 5.53. The molecule has 7 nitrogen and oxygen atoms in total. The summed E-state index contributed by atoms with van der Waals surface area (Å²) in [4.78, 5) is 39.6. The van der Waals surface area contributed by atoms with E-state index in [2.05, 4.69) is 20.6 Å². The molecule has 1 aliphatic heterocycles. The maximum absolute atomic E-state index is 12.1. The van der Waals surface area contributed by atoms with Crippen LogP contribution in [0.1, 0.15) is 19.3 Å². The van der Waals surface area contributed by atoms with Crippen LogP contribution in [-0.2, 0) is 4.79 Å². The average molecular weight is 288 g/mol. The summed E-state index contributed by atoms with van der Waals surface area (Å²) in [6.07, 6.45) is 2.95. The number of aromatic amines is 2. The van der Waals surface area contributed by atoms with Crippen molar-refractivity contribution in [2.45, 2.75) is 25.3 Å². The molecule has 1 amide bonds. The van der Waals surface area contributed by atoms with E-state index in [-0.39, 0.29) is 11.9 Å². The third-order valence-electron chi connectivity index (χ3n) is 3.62. The van der Waals surface area contributed by atoms with Crippen LogP contribution in [0.15, 0.2) is 27.8 Å². The normalized spacial score (nSPS) is 18.6. The van der Waals surface area contributed by atoms with Gasteiger partial charge in [0.05, 0.1) is 17.1 Å². The molecule has 21 heavy (non-hydrogen) atoms. The number of nitrogens with one attached hydrogen (secondary N) is 4. The van der Waals surface area contributed by atoms with Crippen molar-refractivity contribution in [3.8, 4) is 0 Å². The maximum atomic E-state index is 12.1. The van der Waals surface area contributed by atoms with E-state index < -0.39 is 11.1 Å². The fourth-order valence-corrected chi connectivity index (χ4v) is 2.50. The van der Waals surface area contributed by atoms with E-state index in [1.54, 1.807) is 18.2 Å². The topological polar surface area (TPSA) is 107 Å². The third-order valence-corrected chi connectivity index (χ3v) is 3.62. The lowest BCUT2D eigenvalue weighted by atomic mass is 10.0. The van der Waals surface area contributed by atoms with Crippen LogP contribution in [0.25, 0.3) is 11.0 Å². The molecule has 3 rings (SSSR count). The van der Waals surface area contributed by atoms with Gasteiger partial charge in [0.15, 0.2) is 0 Å². The van der Waals surface area contributed by atoms with Crippen molar-refractivity contribution in [1.29, 1.82) is 0 Å². The Hall–Kier alpha value is -2.41. The fourth-order valence-electron chi connectivity index (χ4n) is 2.50. The summed E-state index contributed by atoms with van der Waals surface area (Å²) < 4.78 is 0. The third kappa shape index (κ3) is 2.87. The van der Waals surface area contributed by atoms with E-state index >= 15 is 0 Å². The summed E-state index contributed by atoms with van der Waals surface area (Å²) in [5.74, 6) is -0.0826. The van der Waals surface area contributed by atoms with Gasteiger partial charge in [-0.2, -0.15) is 0 Å². The van der Waals surface area contributed by atoms with Crippen LogP contribution in [-0.4, -0.2) is 28.5 Å². The number of anilines is 1. The second-order valence-electron chi connectivity index (χ2n) is 5.16. The zero-order valence-corrected chi connectivity index (χ0v) is 11.4. The number of carbonyl (C=O) groups excluding carboxylic acids is 1. The van der Waals surface area contributed by atoms with Crippen molar-refractivity contribution in [3.05, 3.63) is 38.9 Å². The van der Waals surface area contributed by atoms with Crippen molar-refractivity contribution in [2.24, 2.45) is 0 Å². The van der Waals surface area contributed by atoms with Gasteiger partial charge in [0.25, 0.3) is 0 Å². The predicted molar refractivity (Wildman–Crippen MR) is 79.5 cm³/mol. The molecule has 0 saturated carbocycles. The Morgan fingerprint density at radius 1 is 1.10 bits per heavy atom. The monoisotopic (exact) mass is 288 g/mol. The molecule has 2 aromatic rings. The molecule has 1 aromatic heterocycles. The summed E-state index contributed by atoms with van der Waals surface area (Å²) in [5.41, 5.74) is 0.190. The summed E-state index contributed by atoms with van der Waals surface area (Å²) in [5, 5.41) is 6.00. The van der Waals surface area contributed by atoms with Crippen molar-refractivity contribution in [2.75, 3.05) is 11.9 Å². The molecule has 0 spiro atoms. The van der Waals surface area contributed by atoms with E-state index in [0.717, 1.165) is 25.8 Å². The molecule has 1 atom stereocenters. The van der Waals surface area contributed by atoms with Crippen molar-refractivity contribution in [1.82, 2.24) is 15.3 Å². The smallest absolute Gasteiger partial charge is 0.314 e. The lowest BCUT2D eigenvalue weighted by Crippen LogP contribution is -2.43. The van der Waals surface area contributed by atoms with Crippen molar-refractivity contribution < 1.29 is 4.79 Å². The molecule has 1 aromatic carbocycles. The first kappa shape index (κ1) is 13.6. The molecular weight excluding hydrogens is 272 g/mol. The summed E-state index contributed by atoms with van der Waals surface area (Å²) in [6, 6.07) is 4.80. The molecule has 110 valence electrons. The molecule has 4 N–H and O–H groups in total. The van der Waals surface area contributed by atoms with Crippen LogP contribution in [0.3, 0.4) is 0 Å².